The summed E-state index contributed by atoms with van der Waals surface area (Å²) in [4.78, 5) is 25.2. The number of Topliss-reactive ketones (excluding diaryl/α,β-unsaturated/α-hetero) is 1. The zero-order chi connectivity index (χ0) is 20.1. The van der Waals surface area contributed by atoms with E-state index in [2.05, 4.69) is 23.5 Å². The molecule has 0 radical (unpaired) electrons. The Morgan fingerprint density at radius 3 is 2.46 bits per heavy atom. The van der Waals surface area contributed by atoms with Crippen LogP contribution in [0, 0.1) is 0 Å². The highest BCUT2D eigenvalue weighted by Gasteiger charge is 2.14. The van der Waals surface area contributed by atoms with Gasteiger partial charge in [0.15, 0.2) is 12.3 Å². The summed E-state index contributed by atoms with van der Waals surface area (Å²) in [5, 5.41) is 5.13. The van der Waals surface area contributed by atoms with Crippen molar-refractivity contribution in [3.8, 4) is 5.75 Å². The lowest BCUT2D eigenvalue weighted by Gasteiger charge is -2.15. The monoisotopic (exact) mass is 377 g/mol. The Hall–Kier alpha value is -3.18. The maximum Gasteiger partial charge on any atom is 0.279 e. The molecule has 3 aromatic rings. The second-order valence-electron chi connectivity index (χ2n) is 7.01. The Morgan fingerprint density at radius 1 is 1.00 bits per heavy atom. The molecule has 5 heteroatoms. The van der Waals surface area contributed by atoms with E-state index in [1.54, 1.807) is 25.3 Å². The van der Waals surface area contributed by atoms with Crippen molar-refractivity contribution in [1.29, 1.82) is 0 Å². The standard InChI is InChI=1S/C23H24N2O3/c1-16(26)21-6-4-5-7-22(21)24-23(27)15-25(2)14-17-8-9-19-13-20(28-3)11-10-18(19)12-17/h4-13H,14-15H2,1-3H3,(H,24,27)/p+1. The van der Waals surface area contributed by atoms with Gasteiger partial charge in [-0.2, -0.15) is 0 Å². The SMILES string of the molecule is COc1ccc2cc(C[NH+](C)CC(=O)Nc3ccccc3C(C)=O)ccc2c1. The van der Waals surface area contributed by atoms with E-state index in [1.807, 2.05) is 31.3 Å². The van der Waals surface area contributed by atoms with E-state index in [-0.39, 0.29) is 11.7 Å². The summed E-state index contributed by atoms with van der Waals surface area (Å²) >= 11 is 0. The average molecular weight is 377 g/mol. The lowest BCUT2D eigenvalue weighted by Crippen LogP contribution is -3.08. The number of ketones is 1. The third-order valence-electron chi connectivity index (χ3n) is 4.66. The Morgan fingerprint density at radius 2 is 1.71 bits per heavy atom. The summed E-state index contributed by atoms with van der Waals surface area (Å²) in [6, 6.07) is 19.4. The number of fused-ring (bicyclic) bond motifs is 1. The number of para-hydroxylation sites is 1. The number of hydrogen-bond acceptors (Lipinski definition) is 3. The first kappa shape index (κ1) is 19.6. The first-order chi connectivity index (χ1) is 13.5. The van der Waals surface area contributed by atoms with E-state index in [4.69, 9.17) is 4.74 Å². The predicted molar refractivity (Wildman–Crippen MR) is 111 cm³/mol. The summed E-state index contributed by atoms with van der Waals surface area (Å²) in [6.07, 6.45) is 0. The third kappa shape index (κ3) is 4.75. The van der Waals surface area contributed by atoms with Crippen molar-refractivity contribution < 1.29 is 19.2 Å². The Balaban J connectivity index is 1.63. The van der Waals surface area contributed by atoms with Crippen molar-refractivity contribution in [2.24, 2.45) is 0 Å². The number of carbonyl (C=O) groups excluding carboxylic acids is 2. The van der Waals surface area contributed by atoms with Crippen LogP contribution >= 0.6 is 0 Å². The Labute approximate surface area is 164 Å². The quantitative estimate of drug-likeness (QED) is 0.623. The van der Waals surface area contributed by atoms with Crippen LogP contribution in [0.3, 0.4) is 0 Å². The van der Waals surface area contributed by atoms with Gasteiger partial charge in [-0.05, 0) is 48.0 Å². The molecule has 1 atom stereocenters. The number of hydrogen-bond donors (Lipinski definition) is 2. The van der Waals surface area contributed by atoms with Gasteiger partial charge < -0.3 is 15.0 Å². The first-order valence-corrected chi connectivity index (χ1v) is 9.24. The summed E-state index contributed by atoms with van der Waals surface area (Å²) < 4.78 is 5.26. The van der Waals surface area contributed by atoms with Crippen LogP contribution in [-0.2, 0) is 11.3 Å². The van der Waals surface area contributed by atoms with Gasteiger partial charge in [0.1, 0.15) is 12.3 Å². The van der Waals surface area contributed by atoms with Crippen molar-refractivity contribution in [2.75, 3.05) is 26.0 Å². The van der Waals surface area contributed by atoms with Crippen molar-refractivity contribution >= 4 is 28.2 Å². The number of ether oxygens (including phenoxy) is 1. The van der Waals surface area contributed by atoms with E-state index < -0.39 is 0 Å². The topological polar surface area (TPSA) is 59.8 Å². The fraction of sp³-hybridized carbons (Fsp3) is 0.217. The molecule has 1 amide bonds. The van der Waals surface area contributed by atoms with Crippen LogP contribution < -0.4 is 15.0 Å². The molecule has 0 aliphatic carbocycles. The molecule has 0 bridgehead atoms. The van der Waals surface area contributed by atoms with Gasteiger partial charge in [0, 0.05) is 11.1 Å². The smallest absolute Gasteiger partial charge is 0.279 e. The van der Waals surface area contributed by atoms with Gasteiger partial charge in [-0.1, -0.05) is 30.3 Å². The maximum absolute atomic E-state index is 12.4. The van der Waals surface area contributed by atoms with Crippen LogP contribution in [0.4, 0.5) is 5.69 Å². The molecule has 0 aliphatic heterocycles. The second-order valence-corrected chi connectivity index (χ2v) is 7.01. The van der Waals surface area contributed by atoms with Crippen molar-refractivity contribution in [2.45, 2.75) is 13.5 Å². The number of anilines is 1. The van der Waals surface area contributed by atoms with Gasteiger partial charge in [0.2, 0.25) is 0 Å². The molecule has 28 heavy (non-hydrogen) atoms. The maximum atomic E-state index is 12.4. The van der Waals surface area contributed by atoms with Gasteiger partial charge in [-0.15, -0.1) is 0 Å². The van der Waals surface area contributed by atoms with E-state index in [9.17, 15) is 9.59 Å². The second kappa shape index (κ2) is 8.67. The average Bonchev–Trinajstić information content (AvgIpc) is 2.67. The zero-order valence-electron chi connectivity index (χ0n) is 16.4. The fourth-order valence-corrected chi connectivity index (χ4v) is 3.29. The van der Waals surface area contributed by atoms with Crippen molar-refractivity contribution in [1.82, 2.24) is 0 Å². The number of carbonyl (C=O) groups is 2. The van der Waals surface area contributed by atoms with Crippen LogP contribution in [0.1, 0.15) is 22.8 Å². The molecule has 0 spiro atoms. The zero-order valence-corrected chi connectivity index (χ0v) is 16.4. The van der Waals surface area contributed by atoms with Gasteiger partial charge in [-0.25, -0.2) is 0 Å². The van der Waals surface area contributed by atoms with Crippen molar-refractivity contribution in [3.63, 3.8) is 0 Å². The minimum Gasteiger partial charge on any atom is -0.497 e. The molecule has 0 heterocycles. The predicted octanol–water partition coefficient (Wildman–Crippen LogP) is 2.70. The molecule has 0 aromatic heterocycles. The normalized spacial score (nSPS) is 11.8. The lowest BCUT2D eigenvalue weighted by molar-refractivity contribution is -0.885. The van der Waals surface area contributed by atoms with E-state index in [0.717, 1.165) is 33.5 Å². The van der Waals surface area contributed by atoms with E-state index >= 15 is 0 Å². The molecule has 0 saturated heterocycles. The third-order valence-corrected chi connectivity index (χ3v) is 4.66. The van der Waals surface area contributed by atoms with E-state index in [1.165, 1.54) is 6.92 Å². The van der Waals surface area contributed by atoms with Gasteiger partial charge in [0.05, 0.1) is 19.8 Å². The number of rotatable bonds is 7. The molecule has 3 rings (SSSR count). The summed E-state index contributed by atoms with van der Waals surface area (Å²) in [5.74, 6) is 0.659. The minimum absolute atomic E-state index is 0.0654. The van der Waals surface area contributed by atoms with Crippen LogP contribution in [-0.4, -0.2) is 32.4 Å². The molecule has 5 nitrogen and oxygen atoms in total. The number of nitrogens with one attached hydrogen (secondary N) is 2. The highest BCUT2D eigenvalue weighted by Crippen LogP contribution is 2.21. The van der Waals surface area contributed by atoms with Gasteiger partial charge in [-0.3, -0.25) is 9.59 Å². The molecule has 0 fully saturated rings. The fourth-order valence-electron chi connectivity index (χ4n) is 3.29. The number of likely N-dealkylation sites (N-methyl/N-ethyl adjacent to an activating group) is 1. The van der Waals surface area contributed by atoms with E-state index in [0.29, 0.717) is 17.8 Å². The van der Waals surface area contributed by atoms with Crippen LogP contribution in [0.25, 0.3) is 10.8 Å². The molecule has 2 N–H and O–H groups in total. The van der Waals surface area contributed by atoms with Crippen LogP contribution in [0.5, 0.6) is 5.75 Å². The largest absolute Gasteiger partial charge is 0.497 e. The number of benzene rings is 3. The molecular weight excluding hydrogens is 352 g/mol. The summed E-state index contributed by atoms with van der Waals surface area (Å²) in [7, 11) is 3.64. The van der Waals surface area contributed by atoms with Crippen LogP contribution in [0.2, 0.25) is 0 Å². The molecule has 144 valence electrons. The number of methoxy groups -OCH3 is 1. The summed E-state index contributed by atoms with van der Waals surface area (Å²) in [6.45, 7) is 2.54. The minimum atomic E-state index is -0.114. The Bertz CT molecular complexity index is 1010. The molecule has 1 unspecified atom stereocenters. The number of quaternary nitrogens is 1. The highest BCUT2D eigenvalue weighted by molar-refractivity contribution is 6.03. The highest BCUT2D eigenvalue weighted by atomic mass is 16.5. The first-order valence-electron chi connectivity index (χ1n) is 9.24. The molecule has 3 aromatic carbocycles. The van der Waals surface area contributed by atoms with Gasteiger partial charge >= 0.3 is 0 Å². The van der Waals surface area contributed by atoms with Gasteiger partial charge in [0.25, 0.3) is 5.91 Å². The molecular formula is C23H25N2O3+. The summed E-state index contributed by atoms with van der Waals surface area (Å²) in [5.41, 5.74) is 2.25. The number of amides is 1. The van der Waals surface area contributed by atoms with Crippen LogP contribution in [0.15, 0.2) is 60.7 Å². The van der Waals surface area contributed by atoms with Crippen molar-refractivity contribution in [3.05, 3.63) is 71.8 Å². The molecule has 0 saturated carbocycles. The lowest BCUT2D eigenvalue weighted by atomic mass is 10.1. The molecule has 0 aliphatic rings. The Kier molecular flexibility index (Phi) is 6.06.